The van der Waals surface area contributed by atoms with Crippen LogP contribution in [0.5, 0.6) is 0 Å². The normalized spacial score (nSPS) is 12.4. The van der Waals surface area contributed by atoms with Gasteiger partial charge in [-0.3, -0.25) is 4.79 Å². The molecule has 126 valence electrons. The van der Waals surface area contributed by atoms with Crippen molar-refractivity contribution in [3.05, 3.63) is 33.8 Å². The van der Waals surface area contributed by atoms with Gasteiger partial charge in [0, 0.05) is 17.0 Å². The number of amides is 1. The lowest BCUT2D eigenvalue weighted by molar-refractivity contribution is -0.139. The maximum absolute atomic E-state index is 12.2. The van der Waals surface area contributed by atoms with Crippen molar-refractivity contribution in [1.82, 2.24) is 5.32 Å². The summed E-state index contributed by atoms with van der Waals surface area (Å²) in [6.45, 7) is 4.92. The van der Waals surface area contributed by atoms with Crippen molar-refractivity contribution >= 4 is 41.0 Å². The van der Waals surface area contributed by atoms with E-state index in [1.54, 1.807) is 20.8 Å². The fourth-order valence-corrected chi connectivity index (χ4v) is 2.17. The van der Waals surface area contributed by atoms with Crippen LogP contribution in [0.25, 0.3) is 0 Å². The van der Waals surface area contributed by atoms with Gasteiger partial charge in [-0.1, -0.05) is 23.2 Å². The highest BCUT2D eigenvalue weighted by Gasteiger charge is 2.27. The van der Waals surface area contributed by atoms with Gasteiger partial charge in [0.2, 0.25) is 0 Å². The molecule has 0 fully saturated rings. The third-order valence-corrected chi connectivity index (χ3v) is 3.16. The smallest absolute Gasteiger partial charge is 0.408 e. The van der Waals surface area contributed by atoms with Crippen molar-refractivity contribution in [3.8, 4) is 0 Å². The van der Waals surface area contributed by atoms with Gasteiger partial charge in [0.1, 0.15) is 11.6 Å². The lowest BCUT2D eigenvalue weighted by Crippen LogP contribution is -2.44. The molecule has 23 heavy (non-hydrogen) atoms. The number of rotatable bonds is 5. The Balaban J connectivity index is 2.81. The van der Waals surface area contributed by atoms with E-state index in [9.17, 15) is 14.4 Å². The average molecular weight is 362 g/mol. The summed E-state index contributed by atoms with van der Waals surface area (Å²) in [4.78, 5) is 35.1. The number of benzene rings is 1. The fourth-order valence-electron chi connectivity index (χ4n) is 1.66. The number of carboxylic acid groups (broad SMARTS) is 1. The van der Waals surface area contributed by atoms with E-state index >= 15 is 0 Å². The monoisotopic (exact) mass is 361 g/mol. The van der Waals surface area contributed by atoms with Crippen LogP contribution in [0.1, 0.15) is 37.6 Å². The van der Waals surface area contributed by atoms with Crippen LogP contribution in [-0.2, 0) is 9.53 Å². The predicted octanol–water partition coefficient (Wildman–Crippen LogP) is 3.54. The maximum Gasteiger partial charge on any atom is 0.408 e. The summed E-state index contributed by atoms with van der Waals surface area (Å²) in [7, 11) is 0. The van der Waals surface area contributed by atoms with Gasteiger partial charge in [0.25, 0.3) is 0 Å². The van der Waals surface area contributed by atoms with Crippen LogP contribution in [0.3, 0.4) is 0 Å². The number of aliphatic carboxylic acids is 1. The lowest BCUT2D eigenvalue weighted by atomic mass is 10.0. The number of carbonyl (C=O) groups is 3. The molecular formula is C15H17Cl2NO5. The van der Waals surface area contributed by atoms with Gasteiger partial charge in [-0.25, -0.2) is 9.59 Å². The van der Waals surface area contributed by atoms with E-state index in [-0.39, 0.29) is 10.6 Å². The van der Waals surface area contributed by atoms with Gasteiger partial charge in [-0.2, -0.15) is 0 Å². The summed E-state index contributed by atoms with van der Waals surface area (Å²) in [6, 6.07) is 2.83. The van der Waals surface area contributed by atoms with Gasteiger partial charge < -0.3 is 15.2 Å². The molecule has 1 amide bonds. The summed E-state index contributed by atoms with van der Waals surface area (Å²) < 4.78 is 4.98. The summed E-state index contributed by atoms with van der Waals surface area (Å²) in [5.74, 6) is -1.88. The van der Waals surface area contributed by atoms with Crippen molar-refractivity contribution in [2.45, 2.75) is 38.8 Å². The van der Waals surface area contributed by atoms with Crippen LogP contribution < -0.4 is 5.32 Å². The van der Waals surface area contributed by atoms with Gasteiger partial charge >= 0.3 is 12.1 Å². The van der Waals surface area contributed by atoms with Crippen molar-refractivity contribution in [1.29, 1.82) is 0 Å². The first-order valence-electron chi connectivity index (χ1n) is 6.70. The van der Waals surface area contributed by atoms with Crippen LogP contribution in [0.4, 0.5) is 4.79 Å². The minimum Gasteiger partial charge on any atom is -0.480 e. The Morgan fingerprint density at radius 1 is 1.26 bits per heavy atom. The summed E-state index contributed by atoms with van der Waals surface area (Å²) in [5.41, 5.74) is -0.648. The zero-order valence-corrected chi connectivity index (χ0v) is 14.4. The number of carboxylic acids is 1. The van der Waals surface area contributed by atoms with E-state index in [0.29, 0.717) is 5.02 Å². The third kappa shape index (κ3) is 6.46. The number of ether oxygens (including phenoxy) is 1. The van der Waals surface area contributed by atoms with Crippen molar-refractivity contribution in [2.24, 2.45) is 0 Å². The molecular weight excluding hydrogens is 345 g/mol. The van der Waals surface area contributed by atoms with Crippen LogP contribution >= 0.6 is 23.2 Å². The number of halogens is 2. The van der Waals surface area contributed by atoms with Crippen LogP contribution in [0.15, 0.2) is 18.2 Å². The van der Waals surface area contributed by atoms with E-state index < -0.39 is 35.9 Å². The van der Waals surface area contributed by atoms with Crippen molar-refractivity contribution in [3.63, 3.8) is 0 Å². The molecule has 0 radical (unpaired) electrons. The first-order chi connectivity index (χ1) is 10.5. The standard InChI is InChI=1S/C15H17Cl2NO5/c1-15(2,3)23-14(22)18-11(13(20)21)7-12(19)9-5-4-8(16)6-10(9)17/h4-6,11H,7H2,1-3H3,(H,18,22)(H,20,21). The second-order valence-electron chi connectivity index (χ2n) is 5.79. The van der Waals surface area contributed by atoms with Crippen LogP contribution in [0.2, 0.25) is 10.0 Å². The Hall–Kier alpha value is -1.79. The molecule has 1 unspecified atom stereocenters. The van der Waals surface area contributed by atoms with Gasteiger partial charge in [-0.05, 0) is 39.0 Å². The molecule has 2 N–H and O–H groups in total. The first kappa shape index (κ1) is 19.3. The summed E-state index contributed by atoms with van der Waals surface area (Å²) in [5, 5.41) is 11.8. The molecule has 0 saturated carbocycles. The second-order valence-corrected chi connectivity index (χ2v) is 6.63. The highest BCUT2D eigenvalue weighted by Crippen LogP contribution is 2.22. The highest BCUT2D eigenvalue weighted by atomic mass is 35.5. The average Bonchev–Trinajstić information content (AvgIpc) is 2.35. The Morgan fingerprint density at radius 2 is 1.87 bits per heavy atom. The molecule has 0 aromatic heterocycles. The molecule has 8 heteroatoms. The molecule has 0 aliphatic heterocycles. The Kier molecular flexibility index (Phi) is 6.41. The predicted molar refractivity (Wildman–Crippen MR) is 86.2 cm³/mol. The van der Waals surface area contributed by atoms with E-state index in [1.165, 1.54) is 18.2 Å². The van der Waals surface area contributed by atoms with Crippen molar-refractivity contribution in [2.75, 3.05) is 0 Å². The molecule has 0 spiro atoms. The quantitative estimate of drug-likeness (QED) is 0.782. The first-order valence-corrected chi connectivity index (χ1v) is 7.46. The minimum absolute atomic E-state index is 0.115. The van der Waals surface area contributed by atoms with E-state index in [2.05, 4.69) is 5.32 Å². The van der Waals surface area contributed by atoms with E-state index in [4.69, 9.17) is 33.0 Å². The van der Waals surface area contributed by atoms with Crippen LogP contribution in [-0.4, -0.2) is 34.6 Å². The van der Waals surface area contributed by atoms with Gasteiger partial charge in [0.15, 0.2) is 5.78 Å². The number of carbonyl (C=O) groups excluding carboxylic acids is 2. The van der Waals surface area contributed by atoms with E-state index in [0.717, 1.165) is 0 Å². The molecule has 0 aliphatic carbocycles. The fraction of sp³-hybridized carbons (Fsp3) is 0.400. The highest BCUT2D eigenvalue weighted by molar-refractivity contribution is 6.36. The molecule has 6 nitrogen and oxygen atoms in total. The molecule has 0 aliphatic rings. The number of Topliss-reactive ketones (excluding diaryl/α,β-unsaturated/α-hetero) is 1. The summed E-state index contributed by atoms with van der Waals surface area (Å²) >= 11 is 11.7. The van der Waals surface area contributed by atoms with E-state index in [1.807, 2.05) is 0 Å². The summed E-state index contributed by atoms with van der Waals surface area (Å²) in [6.07, 6.45) is -1.38. The number of nitrogens with one attached hydrogen (secondary N) is 1. The van der Waals surface area contributed by atoms with Gasteiger partial charge in [0.05, 0.1) is 5.02 Å². The topological polar surface area (TPSA) is 92.7 Å². The number of ketones is 1. The second kappa shape index (κ2) is 7.66. The molecule has 0 heterocycles. The molecule has 1 rings (SSSR count). The Morgan fingerprint density at radius 3 is 2.35 bits per heavy atom. The SMILES string of the molecule is CC(C)(C)OC(=O)NC(CC(=O)c1ccc(Cl)cc1Cl)C(=O)O. The number of hydrogen-bond donors (Lipinski definition) is 2. The molecule has 1 aromatic carbocycles. The minimum atomic E-state index is -1.43. The zero-order chi connectivity index (χ0) is 17.8. The lowest BCUT2D eigenvalue weighted by Gasteiger charge is -2.21. The molecule has 1 aromatic rings. The maximum atomic E-state index is 12.2. The van der Waals surface area contributed by atoms with Crippen molar-refractivity contribution < 1.29 is 24.2 Å². The zero-order valence-electron chi connectivity index (χ0n) is 12.9. The molecule has 0 bridgehead atoms. The Labute approximate surface area is 143 Å². The third-order valence-electron chi connectivity index (χ3n) is 2.61. The van der Waals surface area contributed by atoms with Crippen LogP contribution in [0, 0.1) is 0 Å². The number of alkyl carbamates (subject to hydrolysis) is 1. The molecule has 0 saturated heterocycles. The van der Waals surface area contributed by atoms with Gasteiger partial charge in [-0.15, -0.1) is 0 Å². The number of hydrogen-bond acceptors (Lipinski definition) is 4. The Bertz CT molecular complexity index is 625. The molecule has 1 atom stereocenters. The largest absolute Gasteiger partial charge is 0.480 e.